The molecule has 1 aliphatic heterocycles. The summed E-state index contributed by atoms with van der Waals surface area (Å²) in [7, 11) is 0. The molecule has 0 saturated carbocycles. The second-order valence-electron chi connectivity index (χ2n) is 7.20. The molecule has 1 unspecified atom stereocenters. The topological polar surface area (TPSA) is 91.5 Å². The maximum absolute atomic E-state index is 12.5. The van der Waals surface area contributed by atoms with Crippen molar-refractivity contribution in [1.29, 1.82) is 0 Å². The number of ether oxygens (including phenoxy) is 2. The molecule has 0 spiro atoms. The van der Waals surface area contributed by atoms with Crippen LogP contribution in [0.25, 0.3) is 0 Å². The van der Waals surface area contributed by atoms with Gasteiger partial charge < -0.3 is 15.2 Å². The fourth-order valence-electron chi connectivity index (χ4n) is 3.51. The number of primary amides is 1. The fraction of sp³-hybridized carbons (Fsp3) is 0.208. The number of nitrogens with two attached hydrogens (primary N) is 1. The van der Waals surface area contributed by atoms with E-state index in [0.29, 0.717) is 29.2 Å². The minimum absolute atomic E-state index is 0.0994. The Hall–Kier alpha value is -3.67. The van der Waals surface area contributed by atoms with Gasteiger partial charge in [0.2, 0.25) is 5.91 Å². The Morgan fingerprint density at radius 2 is 1.83 bits per heavy atom. The Labute approximate surface area is 174 Å². The van der Waals surface area contributed by atoms with Gasteiger partial charge in [0.25, 0.3) is 0 Å². The zero-order valence-corrected chi connectivity index (χ0v) is 16.6. The van der Waals surface area contributed by atoms with Crippen molar-refractivity contribution in [2.24, 2.45) is 11.7 Å². The molecule has 3 aromatic rings. The van der Waals surface area contributed by atoms with Gasteiger partial charge in [-0.15, -0.1) is 0 Å². The van der Waals surface area contributed by atoms with Crippen molar-refractivity contribution >= 4 is 11.7 Å². The van der Waals surface area contributed by atoms with Crippen LogP contribution in [0.1, 0.15) is 51.3 Å². The third-order valence-electron chi connectivity index (χ3n) is 5.28. The van der Waals surface area contributed by atoms with Gasteiger partial charge in [0.15, 0.2) is 5.78 Å². The normalized spacial score (nSPS) is 16.3. The second-order valence-corrected chi connectivity index (χ2v) is 7.20. The molecule has 152 valence electrons. The summed E-state index contributed by atoms with van der Waals surface area (Å²) in [5, 5.41) is 0. The van der Waals surface area contributed by atoms with E-state index < -0.39 is 12.0 Å². The molecule has 0 fully saturated rings. The van der Waals surface area contributed by atoms with Crippen LogP contribution in [-0.2, 0) is 0 Å². The first-order valence-corrected chi connectivity index (χ1v) is 9.84. The number of Topliss-reactive ketones (excluding diaryl/α,β-unsaturated/α-hetero) is 1. The number of benzene rings is 2. The number of carbonyl (C=O) groups is 2. The van der Waals surface area contributed by atoms with Gasteiger partial charge in [0.1, 0.15) is 17.6 Å². The summed E-state index contributed by atoms with van der Waals surface area (Å²) in [4.78, 5) is 28.0. The van der Waals surface area contributed by atoms with E-state index in [1.807, 2.05) is 31.2 Å². The number of amides is 1. The number of ketones is 1. The number of hydrogen-bond donors (Lipinski definition) is 1. The Kier molecular flexibility index (Phi) is 5.48. The lowest BCUT2D eigenvalue weighted by molar-refractivity contribution is 0.0825. The third-order valence-corrected chi connectivity index (χ3v) is 5.28. The van der Waals surface area contributed by atoms with Crippen molar-refractivity contribution in [1.82, 2.24) is 4.98 Å². The Morgan fingerprint density at radius 3 is 2.50 bits per heavy atom. The van der Waals surface area contributed by atoms with E-state index in [2.05, 4.69) is 4.98 Å². The minimum atomic E-state index is -0.482. The van der Waals surface area contributed by atoms with Crippen LogP contribution in [0.2, 0.25) is 0 Å². The molecule has 6 nitrogen and oxygen atoms in total. The van der Waals surface area contributed by atoms with Crippen LogP contribution < -0.4 is 15.2 Å². The molecule has 2 N–H and O–H groups in total. The highest BCUT2D eigenvalue weighted by Gasteiger charge is 2.28. The van der Waals surface area contributed by atoms with Gasteiger partial charge in [-0.3, -0.25) is 14.6 Å². The predicted octanol–water partition coefficient (Wildman–Crippen LogP) is 3.95. The number of fused-ring (bicyclic) bond motifs is 1. The van der Waals surface area contributed by atoms with E-state index in [4.69, 9.17) is 15.2 Å². The number of carbonyl (C=O) groups excluding carboxylic acids is 2. The summed E-state index contributed by atoms with van der Waals surface area (Å²) >= 11 is 0. The monoisotopic (exact) mass is 402 g/mol. The van der Waals surface area contributed by atoms with Gasteiger partial charge in [0.05, 0.1) is 18.1 Å². The largest absolute Gasteiger partial charge is 0.492 e. The van der Waals surface area contributed by atoms with Gasteiger partial charge in [-0.1, -0.05) is 19.1 Å². The number of pyridine rings is 1. The number of rotatable bonds is 6. The molecule has 0 saturated heterocycles. The molecule has 1 amide bonds. The molecule has 2 atom stereocenters. The Balaban J connectivity index is 1.66. The summed E-state index contributed by atoms with van der Waals surface area (Å²) < 4.78 is 12.1. The van der Waals surface area contributed by atoms with Crippen molar-refractivity contribution in [2.75, 3.05) is 6.61 Å². The molecule has 2 aromatic carbocycles. The molecule has 0 aliphatic carbocycles. The van der Waals surface area contributed by atoms with Crippen LogP contribution in [0.15, 0.2) is 67.0 Å². The van der Waals surface area contributed by atoms with Crippen LogP contribution in [0, 0.1) is 5.92 Å². The van der Waals surface area contributed by atoms with E-state index >= 15 is 0 Å². The van der Waals surface area contributed by atoms with Crippen LogP contribution >= 0.6 is 0 Å². The molecule has 6 heteroatoms. The summed E-state index contributed by atoms with van der Waals surface area (Å²) in [5.74, 6) is 0.650. The van der Waals surface area contributed by atoms with E-state index in [9.17, 15) is 9.59 Å². The minimum Gasteiger partial charge on any atom is -0.492 e. The lowest BCUT2D eigenvalue weighted by Gasteiger charge is -2.25. The molecule has 4 rings (SSSR count). The van der Waals surface area contributed by atoms with Gasteiger partial charge in [-0.2, -0.15) is 0 Å². The highest BCUT2D eigenvalue weighted by atomic mass is 16.5. The highest BCUT2D eigenvalue weighted by Crippen LogP contribution is 2.35. The van der Waals surface area contributed by atoms with E-state index in [-0.39, 0.29) is 11.7 Å². The average molecular weight is 402 g/mol. The molecule has 30 heavy (non-hydrogen) atoms. The first-order chi connectivity index (χ1) is 14.6. The zero-order valence-electron chi connectivity index (χ0n) is 16.6. The number of nitrogens with zero attached hydrogens (tertiary/aromatic N) is 1. The quantitative estimate of drug-likeness (QED) is 0.674. The molecule has 2 heterocycles. The van der Waals surface area contributed by atoms with Gasteiger partial charge in [0, 0.05) is 24.0 Å². The molecular formula is C24H22N2O4. The maximum Gasteiger partial charge on any atom is 0.248 e. The molecule has 0 radical (unpaired) electrons. The first-order valence-electron chi connectivity index (χ1n) is 9.84. The fourth-order valence-corrected chi connectivity index (χ4v) is 3.51. The van der Waals surface area contributed by atoms with Crippen LogP contribution in [0.4, 0.5) is 0 Å². The van der Waals surface area contributed by atoms with E-state index in [1.165, 1.54) is 0 Å². The van der Waals surface area contributed by atoms with Crippen molar-refractivity contribution in [3.8, 4) is 11.5 Å². The predicted molar refractivity (Wildman–Crippen MR) is 112 cm³/mol. The average Bonchev–Trinajstić information content (AvgIpc) is 2.78. The smallest absolute Gasteiger partial charge is 0.248 e. The van der Waals surface area contributed by atoms with Crippen LogP contribution in [-0.4, -0.2) is 23.3 Å². The van der Waals surface area contributed by atoms with Crippen LogP contribution in [0.5, 0.6) is 11.5 Å². The molecule has 1 aromatic heterocycles. The maximum atomic E-state index is 12.5. The SMILES string of the molecule is CCC1COc2cc(O[C@@H](c3ccncc3)c3ccc(C(N)=O)cc3)ccc2C1=O. The van der Waals surface area contributed by atoms with Gasteiger partial charge >= 0.3 is 0 Å². The summed E-state index contributed by atoms with van der Waals surface area (Å²) in [5.41, 5.74) is 8.12. The summed E-state index contributed by atoms with van der Waals surface area (Å²) in [6, 6.07) is 16.0. The highest BCUT2D eigenvalue weighted by molar-refractivity contribution is 6.01. The summed E-state index contributed by atoms with van der Waals surface area (Å²) in [6.45, 7) is 2.37. The van der Waals surface area contributed by atoms with Crippen molar-refractivity contribution in [3.05, 3.63) is 89.2 Å². The van der Waals surface area contributed by atoms with E-state index in [0.717, 1.165) is 17.5 Å². The van der Waals surface area contributed by atoms with Gasteiger partial charge in [-0.05, 0) is 53.9 Å². The number of aromatic nitrogens is 1. The lowest BCUT2D eigenvalue weighted by Crippen LogP contribution is -2.27. The molecule has 0 bridgehead atoms. The standard InChI is InChI=1S/C24H22N2O4/c1-2-15-14-29-21-13-19(7-8-20(21)22(15)27)30-23(17-9-11-26-12-10-17)16-3-5-18(6-4-16)24(25)28/h3-13,15,23H,2,14H2,1H3,(H2,25,28)/t15?,23-/m1/s1. The van der Waals surface area contributed by atoms with Crippen LogP contribution in [0.3, 0.4) is 0 Å². The lowest BCUT2D eigenvalue weighted by atomic mass is 9.93. The number of hydrogen-bond acceptors (Lipinski definition) is 5. The Morgan fingerprint density at radius 1 is 1.13 bits per heavy atom. The summed E-state index contributed by atoms with van der Waals surface area (Å²) in [6.07, 6.45) is 3.71. The molecular weight excluding hydrogens is 380 g/mol. The second kappa shape index (κ2) is 8.37. The Bertz CT molecular complexity index is 1060. The first kappa shape index (κ1) is 19.6. The zero-order chi connectivity index (χ0) is 21.1. The van der Waals surface area contributed by atoms with Crippen molar-refractivity contribution in [3.63, 3.8) is 0 Å². The molecule has 1 aliphatic rings. The van der Waals surface area contributed by atoms with Crippen molar-refractivity contribution in [2.45, 2.75) is 19.4 Å². The third kappa shape index (κ3) is 3.89. The van der Waals surface area contributed by atoms with Crippen molar-refractivity contribution < 1.29 is 19.1 Å². The van der Waals surface area contributed by atoms with Gasteiger partial charge in [-0.25, -0.2) is 0 Å². The van der Waals surface area contributed by atoms with E-state index in [1.54, 1.807) is 42.7 Å².